The van der Waals surface area contributed by atoms with Gasteiger partial charge < -0.3 is 4.90 Å². The van der Waals surface area contributed by atoms with Gasteiger partial charge in [0.25, 0.3) is 0 Å². The van der Waals surface area contributed by atoms with Gasteiger partial charge in [0.15, 0.2) is 0 Å². The number of aromatic amines is 1. The maximum absolute atomic E-state index is 12.0. The zero-order chi connectivity index (χ0) is 24.2. The third kappa shape index (κ3) is 6.45. The summed E-state index contributed by atoms with van der Waals surface area (Å²) >= 11 is 1.86. The normalized spacial score (nSPS) is 23.5. The third-order valence-corrected chi connectivity index (χ3v) is 6.43. The molecule has 3 rings (SSSR count). The maximum atomic E-state index is 12.0. The number of aliphatic hydroxyl groups excluding tert-OH is 2. The molecule has 1 fully saturated rings. The van der Waals surface area contributed by atoms with Gasteiger partial charge in [0.2, 0.25) is 0 Å². The van der Waals surface area contributed by atoms with Crippen LogP contribution in [0.25, 0.3) is 11.2 Å². The van der Waals surface area contributed by atoms with E-state index in [1.54, 1.807) is 11.9 Å². The molecule has 0 unspecified atom stereocenters. The summed E-state index contributed by atoms with van der Waals surface area (Å²) in [5, 5.41) is 20.3. The molecule has 6 N–H and O–H groups in total. The van der Waals surface area contributed by atoms with E-state index in [0.29, 0.717) is 0 Å². The number of H-pyrrole nitrogens is 1. The molecule has 2 aromatic rings. The van der Waals surface area contributed by atoms with Crippen LogP contribution in [0.15, 0.2) is 11.1 Å². The van der Waals surface area contributed by atoms with E-state index in [-0.39, 0.29) is 17.1 Å². The van der Waals surface area contributed by atoms with Crippen molar-refractivity contribution in [2.45, 2.75) is 45.3 Å². The van der Waals surface area contributed by atoms with Gasteiger partial charge in [-0.2, -0.15) is 0 Å². The molecule has 182 valence electrons. The topological polar surface area (TPSA) is 190 Å². The molecular weight excluding hydrogens is 510 g/mol. The fourth-order valence-corrected chi connectivity index (χ4v) is 4.18. The second-order valence-corrected chi connectivity index (χ2v) is 11.3. The molecule has 1 aliphatic heterocycles. The summed E-state index contributed by atoms with van der Waals surface area (Å²) in [6, 6.07) is 0. The Labute approximate surface area is 192 Å². The number of hydrogen-bond donors (Lipinski definition) is 5. The van der Waals surface area contributed by atoms with Crippen molar-refractivity contribution in [3.8, 4) is 0 Å². The number of ether oxygens (including phenoxy) is 1. The number of quaternary nitrogens is 1. The van der Waals surface area contributed by atoms with E-state index < -0.39 is 42.9 Å². The summed E-state index contributed by atoms with van der Waals surface area (Å²) in [6.45, 7) is 10.0. The van der Waals surface area contributed by atoms with E-state index >= 15 is 0 Å². The molecule has 4 atom stereocenters. The number of rotatable bonds is 7. The molecular formula is C17H31N6O7PSe. The number of fused-ring (bicyclic) bond motifs is 1. The molecule has 0 saturated carbocycles. The minimum absolute atomic E-state index is 0.126. The van der Waals surface area contributed by atoms with Gasteiger partial charge in [-0.1, -0.05) is 0 Å². The van der Waals surface area contributed by atoms with Crippen molar-refractivity contribution in [1.82, 2.24) is 14.5 Å². The van der Waals surface area contributed by atoms with Gasteiger partial charge in [0.05, 0.1) is 19.6 Å². The number of nitrogens with zero attached hydrogens (tertiary/aromatic N) is 3. The summed E-state index contributed by atoms with van der Waals surface area (Å²) in [5.41, 5.74) is 5.40. The van der Waals surface area contributed by atoms with E-state index in [1.807, 2.05) is 15.1 Å². The van der Waals surface area contributed by atoms with Crippen molar-refractivity contribution >= 4 is 38.4 Å². The Bertz CT molecular complexity index is 1000. The molecule has 0 spiro atoms. The third-order valence-electron chi connectivity index (χ3n) is 5.30. The Morgan fingerprint density at radius 3 is 2.44 bits per heavy atom. The molecule has 1 saturated heterocycles. The van der Waals surface area contributed by atoms with Crippen molar-refractivity contribution < 1.29 is 38.7 Å². The Hall–Kier alpha value is -1.18. The van der Waals surface area contributed by atoms with Gasteiger partial charge >= 0.3 is 147 Å². The van der Waals surface area contributed by atoms with E-state index in [0.717, 1.165) is 0 Å². The van der Waals surface area contributed by atoms with E-state index in [2.05, 4.69) is 35.3 Å². The second kappa shape index (κ2) is 11.3. The van der Waals surface area contributed by atoms with Crippen molar-refractivity contribution in [2.75, 3.05) is 32.0 Å². The summed E-state index contributed by atoms with van der Waals surface area (Å²) < 4.78 is 12.9. The molecule has 0 aromatic carbocycles. The number of aromatic nitrogens is 4. The van der Waals surface area contributed by atoms with Crippen LogP contribution in [-0.4, -0.2) is 84.4 Å². The number of aliphatic hydroxyl groups is 2. The van der Waals surface area contributed by atoms with Crippen LogP contribution in [0.5, 0.6) is 0 Å². The summed E-state index contributed by atoms with van der Waals surface area (Å²) in [5.74, 6) is -0.126. The predicted octanol–water partition coefficient (Wildman–Crippen LogP) is -4.74. The summed E-state index contributed by atoms with van der Waals surface area (Å²) in [7, 11) is 1.59. The summed E-state index contributed by atoms with van der Waals surface area (Å²) in [6.07, 6.45) is -7.72. The fourth-order valence-electron chi connectivity index (χ4n) is 3.47. The van der Waals surface area contributed by atoms with E-state index in [4.69, 9.17) is 10.5 Å². The standard InChI is InChI=1S/C11H16N5O7PSe.C6H15N/c1-15-3-16(8-5(15)9(19)14-11(12)13-8)10-7(18)6(17)4(23-10)2-22-24(20,21)25;1-4-7(5-2)6-3/h3-4,6-7,10,17-18H,2H2,1H3,(H4-,12,13,14,19,20,21,25);4-6H2,1-3H3/t4-,6-,7-,10-;/m1./s1. The first-order chi connectivity index (χ1) is 14.9. The average Bonchev–Trinajstić information content (AvgIpc) is 3.18. The number of nitrogens with two attached hydrogens (primary N) is 1. The van der Waals surface area contributed by atoms with Crippen molar-refractivity contribution in [3.63, 3.8) is 0 Å². The zero-order valence-electron chi connectivity index (χ0n) is 18.4. The number of imidazole rings is 1. The molecule has 1 aliphatic rings. The second-order valence-electron chi connectivity index (χ2n) is 7.36. The number of aryl methyl sites for hydroxylation is 1. The monoisotopic (exact) mass is 542 g/mol. The van der Waals surface area contributed by atoms with Crippen molar-refractivity contribution in [1.29, 1.82) is 0 Å². The van der Waals surface area contributed by atoms with E-state index in [1.165, 1.54) is 35.1 Å². The molecule has 0 amide bonds. The molecule has 0 bridgehead atoms. The number of anilines is 1. The molecule has 32 heavy (non-hydrogen) atoms. The molecule has 15 heteroatoms. The molecule has 13 nitrogen and oxygen atoms in total. The Kier molecular flexibility index (Phi) is 9.56. The first-order valence-corrected chi connectivity index (χ1v) is 14.0. The van der Waals surface area contributed by atoms with Crippen LogP contribution < -0.4 is 30.5 Å². The van der Waals surface area contributed by atoms with Crippen LogP contribution in [0, 0.1) is 0 Å². The number of hydrogen-bond acceptors (Lipinski definition) is 9. The van der Waals surface area contributed by atoms with Crippen LogP contribution in [-0.2, 0) is 16.3 Å². The first-order valence-electron chi connectivity index (χ1n) is 10.2. The van der Waals surface area contributed by atoms with Crippen LogP contribution >= 0.6 is 6.19 Å². The Morgan fingerprint density at radius 2 is 1.94 bits per heavy atom. The van der Waals surface area contributed by atoms with Crippen molar-refractivity contribution in [3.05, 3.63) is 16.7 Å². The predicted molar refractivity (Wildman–Crippen MR) is 113 cm³/mol. The van der Waals surface area contributed by atoms with Gasteiger partial charge in [0.1, 0.15) is 0 Å². The van der Waals surface area contributed by atoms with Gasteiger partial charge in [0, 0.05) is 0 Å². The molecule has 2 aromatic heterocycles. The number of nitrogens with one attached hydrogen (secondary N) is 2. The van der Waals surface area contributed by atoms with Crippen LogP contribution in [0.1, 0.15) is 27.0 Å². The van der Waals surface area contributed by atoms with E-state index in [9.17, 15) is 24.8 Å². The zero-order valence-corrected chi connectivity index (χ0v) is 21.0. The molecule has 0 radical (unpaired) electrons. The van der Waals surface area contributed by atoms with Crippen molar-refractivity contribution in [2.24, 2.45) is 7.05 Å². The van der Waals surface area contributed by atoms with Crippen LogP contribution in [0.3, 0.4) is 0 Å². The molecule has 0 aliphatic carbocycles. The number of nitrogen functional groups attached to an aromatic ring is 1. The Morgan fingerprint density at radius 1 is 1.34 bits per heavy atom. The van der Waals surface area contributed by atoms with Gasteiger partial charge in [-0.3, -0.25) is 0 Å². The fraction of sp³-hybridized carbons (Fsp3) is 0.706. The Balaban J connectivity index is 0.000000451. The first kappa shape index (κ1) is 27.1. The average molecular weight is 541 g/mol. The minimum atomic E-state index is -4.14. The van der Waals surface area contributed by atoms with Gasteiger partial charge in [-0.15, -0.1) is 0 Å². The quantitative estimate of drug-likeness (QED) is 0.130. The summed E-state index contributed by atoms with van der Waals surface area (Å²) in [4.78, 5) is 42.2. The van der Waals surface area contributed by atoms with Crippen LogP contribution in [0.4, 0.5) is 5.95 Å². The van der Waals surface area contributed by atoms with Crippen LogP contribution in [0.2, 0.25) is 0 Å². The van der Waals surface area contributed by atoms with Gasteiger partial charge in [-0.25, -0.2) is 0 Å². The van der Waals surface area contributed by atoms with Gasteiger partial charge in [-0.05, 0) is 20.8 Å². The SMILES string of the molecule is CC[NH+](CC)CC.Cn1c[n+]([C@@H]2O[C@H](COP([O-])([O-])=[Se])[C@@H](O)[C@H]2O)c2nc(N)[nH]c(=O)c21. The molecule has 3 heterocycles.